The maximum atomic E-state index is 12.5. The van der Waals surface area contributed by atoms with E-state index in [-0.39, 0.29) is 17.0 Å². The molecule has 0 saturated carbocycles. The smallest absolute Gasteiger partial charge is 0.233 e. The van der Waals surface area contributed by atoms with Crippen molar-refractivity contribution in [3.05, 3.63) is 76.9 Å². The van der Waals surface area contributed by atoms with Gasteiger partial charge in [-0.2, -0.15) is 0 Å². The van der Waals surface area contributed by atoms with E-state index >= 15 is 0 Å². The Hall–Kier alpha value is -2.48. The standard InChI is InChI=1S/C22H22O2/c1-15-17-11-7-8-12-19(17)21(24)20(23)18(15)13-14-22(2,3)16-9-5-4-6-10-16/h4-12H,13-14H2,1-3H3. The topological polar surface area (TPSA) is 34.1 Å². The second-order valence-corrected chi connectivity index (χ2v) is 7.06. The van der Waals surface area contributed by atoms with Crippen LogP contribution in [0.3, 0.4) is 0 Å². The molecule has 0 bridgehead atoms. The van der Waals surface area contributed by atoms with Gasteiger partial charge in [0, 0.05) is 11.1 Å². The Bertz CT molecular complexity index is 826. The number of rotatable bonds is 4. The zero-order valence-electron chi connectivity index (χ0n) is 14.4. The van der Waals surface area contributed by atoms with E-state index < -0.39 is 0 Å². The Balaban J connectivity index is 1.90. The summed E-state index contributed by atoms with van der Waals surface area (Å²) < 4.78 is 0. The molecule has 0 radical (unpaired) electrons. The van der Waals surface area contributed by atoms with Crippen molar-refractivity contribution in [2.45, 2.75) is 39.0 Å². The van der Waals surface area contributed by atoms with Crippen LogP contribution >= 0.6 is 0 Å². The molecular weight excluding hydrogens is 296 g/mol. The third-order valence-electron chi connectivity index (χ3n) is 5.06. The van der Waals surface area contributed by atoms with Gasteiger partial charge < -0.3 is 0 Å². The van der Waals surface area contributed by atoms with Crippen LogP contribution in [-0.2, 0) is 10.2 Å². The van der Waals surface area contributed by atoms with Crippen molar-refractivity contribution in [3.63, 3.8) is 0 Å². The number of fused-ring (bicyclic) bond motifs is 1. The highest BCUT2D eigenvalue weighted by Gasteiger charge is 2.31. The van der Waals surface area contributed by atoms with E-state index in [0.717, 1.165) is 17.6 Å². The largest absolute Gasteiger partial charge is 0.285 e. The van der Waals surface area contributed by atoms with Crippen molar-refractivity contribution >= 4 is 17.1 Å². The number of hydrogen-bond acceptors (Lipinski definition) is 2. The second kappa shape index (κ2) is 6.20. The molecule has 0 saturated heterocycles. The summed E-state index contributed by atoms with van der Waals surface area (Å²) >= 11 is 0. The summed E-state index contributed by atoms with van der Waals surface area (Å²) in [5, 5.41) is 0. The van der Waals surface area contributed by atoms with Crippen LogP contribution in [0.15, 0.2) is 60.2 Å². The van der Waals surface area contributed by atoms with Crippen LogP contribution < -0.4 is 0 Å². The van der Waals surface area contributed by atoms with E-state index in [9.17, 15) is 9.59 Å². The van der Waals surface area contributed by atoms with Crippen LogP contribution in [0.4, 0.5) is 0 Å². The van der Waals surface area contributed by atoms with Gasteiger partial charge in [0.2, 0.25) is 11.6 Å². The number of ketones is 2. The van der Waals surface area contributed by atoms with E-state index in [1.807, 2.05) is 37.3 Å². The summed E-state index contributed by atoms with van der Waals surface area (Å²) in [5.74, 6) is -0.709. The Morgan fingerprint density at radius 1 is 0.792 bits per heavy atom. The molecule has 122 valence electrons. The average Bonchev–Trinajstić information content (AvgIpc) is 2.60. The molecule has 3 rings (SSSR count). The minimum Gasteiger partial charge on any atom is -0.285 e. The lowest BCUT2D eigenvalue weighted by molar-refractivity contribution is -0.112. The van der Waals surface area contributed by atoms with Crippen LogP contribution in [0.25, 0.3) is 5.57 Å². The number of Topliss-reactive ketones (excluding diaryl/α,β-unsaturated/α-hetero) is 2. The molecule has 1 aliphatic rings. The molecule has 2 heteroatoms. The maximum absolute atomic E-state index is 12.5. The quantitative estimate of drug-likeness (QED) is 0.745. The normalized spacial score (nSPS) is 14.8. The molecule has 0 amide bonds. The summed E-state index contributed by atoms with van der Waals surface area (Å²) in [6.07, 6.45) is 1.44. The minimum absolute atomic E-state index is 0.0468. The van der Waals surface area contributed by atoms with Gasteiger partial charge in [-0.15, -0.1) is 0 Å². The highest BCUT2D eigenvalue weighted by molar-refractivity contribution is 6.52. The SMILES string of the molecule is CC1=C(CCC(C)(C)c2ccccc2)C(=O)C(=O)c2ccccc21. The van der Waals surface area contributed by atoms with Crippen molar-refractivity contribution in [2.75, 3.05) is 0 Å². The fourth-order valence-corrected chi connectivity index (χ4v) is 3.37. The molecule has 0 aliphatic heterocycles. The Kier molecular flexibility index (Phi) is 4.23. The molecule has 0 aromatic heterocycles. The zero-order valence-corrected chi connectivity index (χ0v) is 14.4. The number of benzene rings is 2. The van der Waals surface area contributed by atoms with Gasteiger partial charge in [0.05, 0.1) is 0 Å². The van der Waals surface area contributed by atoms with Gasteiger partial charge in [0.1, 0.15) is 0 Å². The first kappa shape index (κ1) is 16.4. The Labute approximate surface area is 143 Å². The highest BCUT2D eigenvalue weighted by Crippen LogP contribution is 2.35. The maximum Gasteiger partial charge on any atom is 0.233 e. The van der Waals surface area contributed by atoms with Gasteiger partial charge in [-0.1, -0.05) is 68.4 Å². The fourth-order valence-electron chi connectivity index (χ4n) is 3.37. The molecule has 0 unspecified atom stereocenters. The fraction of sp³-hybridized carbons (Fsp3) is 0.273. The van der Waals surface area contributed by atoms with Crippen molar-refractivity contribution in [1.29, 1.82) is 0 Å². The van der Waals surface area contributed by atoms with Gasteiger partial charge >= 0.3 is 0 Å². The monoisotopic (exact) mass is 318 g/mol. The van der Waals surface area contributed by atoms with E-state index in [0.29, 0.717) is 17.6 Å². The van der Waals surface area contributed by atoms with E-state index in [2.05, 4.69) is 26.0 Å². The first-order valence-electron chi connectivity index (χ1n) is 8.35. The third kappa shape index (κ3) is 2.84. The predicted octanol–water partition coefficient (Wildman–Crippen LogP) is 4.98. The molecule has 0 spiro atoms. The van der Waals surface area contributed by atoms with Gasteiger partial charge in [0.25, 0.3) is 0 Å². The van der Waals surface area contributed by atoms with Crippen LogP contribution in [0.1, 0.15) is 55.1 Å². The van der Waals surface area contributed by atoms with E-state index in [4.69, 9.17) is 0 Å². The molecule has 24 heavy (non-hydrogen) atoms. The van der Waals surface area contributed by atoms with Crippen LogP contribution in [0, 0.1) is 0 Å². The molecule has 0 N–H and O–H groups in total. The number of hydrogen-bond donors (Lipinski definition) is 0. The van der Waals surface area contributed by atoms with E-state index in [1.54, 1.807) is 12.1 Å². The Morgan fingerprint density at radius 2 is 1.38 bits per heavy atom. The lowest BCUT2D eigenvalue weighted by Gasteiger charge is -2.27. The molecule has 0 fully saturated rings. The lowest BCUT2D eigenvalue weighted by Crippen LogP contribution is -2.25. The first-order valence-corrected chi connectivity index (χ1v) is 8.35. The van der Waals surface area contributed by atoms with E-state index in [1.165, 1.54) is 5.56 Å². The highest BCUT2D eigenvalue weighted by atomic mass is 16.2. The first-order chi connectivity index (χ1) is 11.4. The minimum atomic E-state index is -0.372. The van der Waals surface area contributed by atoms with Crippen molar-refractivity contribution < 1.29 is 9.59 Å². The van der Waals surface area contributed by atoms with Crippen LogP contribution in [0.5, 0.6) is 0 Å². The molecule has 1 aliphatic carbocycles. The van der Waals surface area contributed by atoms with Gasteiger partial charge in [0.15, 0.2) is 0 Å². The molecular formula is C22H22O2. The third-order valence-corrected chi connectivity index (χ3v) is 5.06. The summed E-state index contributed by atoms with van der Waals surface area (Å²) in [4.78, 5) is 24.9. The van der Waals surface area contributed by atoms with Gasteiger partial charge in [-0.3, -0.25) is 9.59 Å². The zero-order chi connectivity index (χ0) is 17.3. The summed E-state index contributed by atoms with van der Waals surface area (Å²) in [5.41, 5.74) is 4.25. The summed E-state index contributed by atoms with van der Waals surface area (Å²) in [6.45, 7) is 6.32. The lowest BCUT2D eigenvalue weighted by atomic mass is 9.76. The van der Waals surface area contributed by atoms with Crippen molar-refractivity contribution in [2.24, 2.45) is 0 Å². The van der Waals surface area contributed by atoms with Crippen LogP contribution in [0.2, 0.25) is 0 Å². The van der Waals surface area contributed by atoms with Crippen LogP contribution in [-0.4, -0.2) is 11.6 Å². The Morgan fingerprint density at radius 3 is 2.04 bits per heavy atom. The number of allylic oxidation sites excluding steroid dienone is 2. The molecule has 0 heterocycles. The van der Waals surface area contributed by atoms with Gasteiger partial charge in [-0.25, -0.2) is 0 Å². The molecule has 0 atom stereocenters. The number of carbonyl (C=O) groups is 2. The summed E-state index contributed by atoms with van der Waals surface area (Å²) in [7, 11) is 0. The average molecular weight is 318 g/mol. The van der Waals surface area contributed by atoms with Gasteiger partial charge in [-0.05, 0) is 41.9 Å². The second-order valence-electron chi connectivity index (χ2n) is 7.06. The molecule has 2 nitrogen and oxygen atoms in total. The van der Waals surface area contributed by atoms with Crippen molar-refractivity contribution in [1.82, 2.24) is 0 Å². The number of carbonyl (C=O) groups excluding carboxylic acids is 2. The summed E-state index contributed by atoms with van der Waals surface area (Å²) in [6, 6.07) is 17.7. The van der Waals surface area contributed by atoms with Crippen molar-refractivity contribution in [3.8, 4) is 0 Å². The molecule has 2 aromatic rings. The molecule has 2 aromatic carbocycles. The predicted molar refractivity (Wildman–Crippen MR) is 97.1 cm³/mol.